The van der Waals surface area contributed by atoms with Gasteiger partial charge in [-0.3, -0.25) is 5.32 Å². The Bertz CT molecular complexity index is 886. The summed E-state index contributed by atoms with van der Waals surface area (Å²) in [5.74, 6) is 0.0388. The van der Waals surface area contributed by atoms with Crippen LogP contribution in [-0.4, -0.2) is 41.0 Å². The maximum atomic E-state index is 13.9. The Morgan fingerprint density at radius 3 is 2.57 bits per heavy atom. The molecule has 0 aliphatic carbocycles. The second kappa shape index (κ2) is 9.29. The van der Waals surface area contributed by atoms with Crippen molar-refractivity contribution in [3.05, 3.63) is 36.2 Å². The van der Waals surface area contributed by atoms with Crippen LogP contribution in [0.15, 0.2) is 30.5 Å². The number of carbonyl (C=O) groups is 1. The highest BCUT2D eigenvalue weighted by Gasteiger charge is 2.30. The second-order valence-electron chi connectivity index (χ2n) is 7.77. The fourth-order valence-corrected chi connectivity index (χ4v) is 2.97. The molecule has 2 aromatic heterocycles. The van der Waals surface area contributed by atoms with Crippen molar-refractivity contribution in [1.82, 2.24) is 9.97 Å². The molecule has 3 N–H and O–H groups in total. The largest absolute Gasteiger partial charge is 0.490 e. The van der Waals surface area contributed by atoms with Gasteiger partial charge in [-0.2, -0.15) is 0 Å². The van der Waals surface area contributed by atoms with Gasteiger partial charge in [-0.1, -0.05) is 0 Å². The first-order valence-electron chi connectivity index (χ1n) is 9.11. The maximum absolute atomic E-state index is 13.9. The van der Waals surface area contributed by atoms with Crippen molar-refractivity contribution in [2.75, 3.05) is 19.0 Å². The summed E-state index contributed by atoms with van der Waals surface area (Å²) < 4.78 is 51.0. The van der Waals surface area contributed by atoms with Gasteiger partial charge < -0.3 is 15.2 Å². The van der Waals surface area contributed by atoms with Crippen LogP contribution in [0.3, 0.4) is 0 Å². The highest BCUT2D eigenvalue weighted by molar-refractivity contribution is 5.84. The van der Waals surface area contributed by atoms with Crippen molar-refractivity contribution in [2.45, 2.75) is 44.8 Å². The van der Waals surface area contributed by atoms with Gasteiger partial charge in [0.05, 0.1) is 18.3 Å². The summed E-state index contributed by atoms with van der Waals surface area (Å²) in [6, 6.07) is 5.87. The fraction of sp³-hybridized carbons (Fsp3) is 0.450. The molecule has 1 unspecified atom stereocenters. The third-order valence-electron chi connectivity index (χ3n) is 3.95. The molecule has 10 heteroatoms. The van der Waals surface area contributed by atoms with E-state index in [4.69, 9.17) is 10.5 Å². The predicted molar refractivity (Wildman–Crippen MR) is 106 cm³/mol. The van der Waals surface area contributed by atoms with Crippen LogP contribution in [0.4, 0.5) is 23.8 Å². The zero-order valence-corrected chi connectivity index (χ0v) is 17.2. The Morgan fingerprint density at radius 1 is 1.27 bits per heavy atom. The summed E-state index contributed by atoms with van der Waals surface area (Å²) >= 11 is 0. The molecular formula is C20H25F3N4O3. The normalized spacial score (nSPS) is 13.6. The molecule has 0 radical (unpaired) electrons. The molecule has 0 aromatic carbocycles. The highest BCUT2D eigenvalue weighted by Crippen LogP contribution is 2.32. The van der Waals surface area contributed by atoms with E-state index in [1.807, 2.05) is 0 Å². The molecule has 0 fully saturated rings. The van der Waals surface area contributed by atoms with Gasteiger partial charge in [0.2, 0.25) is 0 Å². The number of ether oxygens (including phenoxy) is 2. The average Bonchev–Trinajstić information content (AvgIpc) is 2.64. The summed E-state index contributed by atoms with van der Waals surface area (Å²) in [5.41, 5.74) is 3.57. The van der Waals surface area contributed by atoms with E-state index in [1.165, 1.54) is 45.4 Å². The van der Waals surface area contributed by atoms with E-state index in [0.29, 0.717) is 5.56 Å². The monoisotopic (exact) mass is 426 g/mol. The molecule has 2 heterocycles. The molecule has 164 valence electrons. The number of carbonyl (C=O) groups excluding carboxylic acids is 1. The molecule has 0 bridgehead atoms. The molecule has 0 spiro atoms. The number of nitrogens with two attached hydrogens (primary N) is 1. The Kier molecular flexibility index (Phi) is 7.25. The maximum Gasteiger partial charge on any atom is 0.412 e. The van der Waals surface area contributed by atoms with E-state index in [9.17, 15) is 18.0 Å². The van der Waals surface area contributed by atoms with Crippen LogP contribution in [0.2, 0.25) is 0 Å². The lowest BCUT2D eigenvalue weighted by atomic mass is 9.91. The first kappa shape index (κ1) is 23.4. The van der Waals surface area contributed by atoms with Gasteiger partial charge in [0.1, 0.15) is 29.5 Å². The Morgan fingerprint density at radius 2 is 1.97 bits per heavy atom. The van der Waals surface area contributed by atoms with E-state index in [1.54, 1.807) is 13.0 Å². The Labute approximate surface area is 172 Å². The molecule has 0 saturated carbocycles. The topological polar surface area (TPSA) is 99.4 Å². The number of anilines is 1. The molecule has 1 amide bonds. The highest BCUT2D eigenvalue weighted by atomic mass is 19.3. The SMILES string of the molecule is COC(=O)Nc1cc(-c2ccc(OCC(C)(N)CC(C)(C)F)c(C(F)F)n2)ccn1. The van der Waals surface area contributed by atoms with Crippen molar-refractivity contribution in [2.24, 2.45) is 5.73 Å². The van der Waals surface area contributed by atoms with Crippen LogP contribution in [0, 0.1) is 0 Å². The van der Waals surface area contributed by atoms with E-state index in [-0.39, 0.29) is 30.3 Å². The number of methoxy groups -OCH3 is 1. The van der Waals surface area contributed by atoms with E-state index in [2.05, 4.69) is 20.0 Å². The Hall–Kier alpha value is -2.88. The van der Waals surface area contributed by atoms with Gasteiger partial charge >= 0.3 is 6.09 Å². The van der Waals surface area contributed by atoms with Crippen molar-refractivity contribution < 1.29 is 27.4 Å². The van der Waals surface area contributed by atoms with E-state index >= 15 is 0 Å². The van der Waals surface area contributed by atoms with Crippen LogP contribution in [0.25, 0.3) is 11.3 Å². The molecule has 0 aliphatic rings. The summed E-state index contributed by atoms with van der Waals surface area (Å²) in [7, 11) is 1.20. The minimum atomic E-state index is -2.91. The minimum Gasteiger partial charge on any atom is -0.490 e. The van der Waals surface area contributed by atoms with Crippen molar-refractivity contribution >= 4 is 11.9 Å². The first-order valence-corrected chi connectivity index (χ1v) is 9.11. The summed E-state index contributed by atoms with van der Waals surface area (Å²) in [6.45, 7) is 4.20. The van der Waals surface area contributed by atoms with Crippen molar-refractivity contribution in [3.8, 4) is 17.0 Å². The molecule has 2 aromatic rings. The van der Waals surface area contributed by atoms with Crippen LogP contribution in [-0.2, 0) is 4.74 Å². The molecular weight excluding hydrogens is 401 g/mol. The number of nitrogens with zero attached hydrogens (tertiary/aromatic N) is 2. The lowest BCUT2D eigenvalue weighted by molar-refractivity contribution is 0.115. The molecule has 30 heavy (non-hydrogen) atoms. The number of hydrogen-bond acceptors (Lipinski definition) is 6. The number of alkyl halides is 3. The third kappa shape index (κ3) is 6.87. The predicted octanol–water partition coefficient (Wildman–Crippen LogP) is 4.49. The molecule has 0 aliphatic heterocycles. The number of nitrogens with one attached hydrogen (secondary N) is 1. The quantitative estimate of drug-likeness (QED) is 0.645. The number of pyridine rings is 2. The van der Waals surface area contributed by atoms with Gasteiger partial charge in [-0.05, 0) is 45.0 Å². The molecule has 1 atom stereocenters. The standard InChI is InChI=1S/C20H25F3N4O3/c1-19(2,23)10-20(3,24)11-30-14-6-5-13(26-16(14)17(21)22)12-7-8-25-15(9-12)27-18(28)29-4/h5-9,17H,10-11,24H2,1-4H3,(H,25,27,28). The number of amides is 1. The lowest BCUT2D eigenvalue weighted by Gasteiger charge is -2.30. The van der Waals surface area contributed by atoms with Crippen LogP contribution in [0.5, 0.6) is 5.75 Å². The zero-order valence-electron chi connectivity index (χ0n) is 17.2. The van der Waals surface area contributed by atoms with Gasteiger partial charge in [-0.15, -0.1) is 0 Å². The van der Waals surface area contributed by atoms with E-state index in [0.717, 1.165) is 0 Å². The van der Waals surface area contributed by atoms with Gasteiger partial charge in [-0.25, -0.2) is 27.9 Å². The zero-order chi connectivity index (χ0) is 22.5. The second-order valence-corrected chi connectivity index (χ2v) is 7.77. The van der Waals surface area contributed by atoms with Crippen LogP contribution >= 0.6 is 0 Å². The summed E-state index contributed by atoms with van der Waals surface area (Å²) in [6.07, 6.45) is -2.24. The third-order valence-corrected chi connectivity index (χ3v) is 3.95. The molecule has 2 rings (SSSR count). The summed E-state index contributed by atoms with van der Waals surface area (Å²) in [4.78, 5) is 19.3. The lowest BCUT2D eigenvalue weighted by Crippen LogP contribution is -2.46. The number of halogens is 3. The average molecular weight is 426 g/mol. The Balaban J connectivity index is 2.25. The number of hydrogen-bond donors (Lipinski definition) is 2. The van der Waals surface area contributed by atoms with E-state index < -0.39 is 29.4 Å². The van der Waals surface area contributed by atoms with Crippen molar-refractivity contribution in [1.29, 1.82) is 0 Å². The van der Waals surface area contributed by atoms with Crippen LogP contribution in [0.1, 0.15) is 39.3 Å². The van der Waals surface area contributed by atoms with Gasteiger partial charge in [0.25, 0.3) is 6.43 Å². The molecule has 0 saturated heterocycles. The van der Waals surface area contributed by atoms with Gasteiger partial charge in [0.15, 0.2) is 0 Å². The van der Waals surface area contributed by atoms with Crippen LogP contribution < -0.4 is 15.8 Å². The minimum absolute atomic E-state index is 0.0114. The fourth-order valence-electron chi connectivity index (χ4n) is 2.97. The first-order chi connectivity index (χ1) is 13.9. The smallest absolute Gasteiger partial charge is 0.412 e. The summed E-state index contributed by atoms with van der Waals surface area (Å²) in [5, 5.41) is 2.39. The number of aromatic nitrogens is 2. The number of rotatable bonds is 8. The van der Waals surface area contributed by atoms with Crippen molar-refractivity contribution in [3.63, 3.8) is 0 Å². The molecule has 7 nitrogen and oxygen atoms in total. The van der Waals surface area contributed by atoms with Gasteiger partial charge in [0, 0.05) is 18.2 Å².